The number of halogens is 1. The first-order valence-corrected chi connectivity index (χ1v) is 7.14. The maximum Gasteiger partial charge on any atom is 0.223 e. The van der Waals surface area contributed by atoms with Crippen LogP contribution in [0.2, 0.25) is 5.02 Å². The Morgan fingerprint density at radius 3 is 2.57 bits per heavy atom. The highest BCUT2D eigenvalue weighted by molar-refractivity contribution is 6.32. The van der Waals surface area contributed by atoms with E-state index in [9.17, 15) is 0 Å². The molecule has 2 heterocycles. The highest BCUT2D eigenvalue weighted by atomic mass is 35.5. The largest absolute Gasteiger partial charge is 0.486 e. The lowest BCUT2D eigenvalue weighted by molar-refractivity contribution is 0.171. The summed E-state index contributed by atoms with van der Waals surface area (Å²) >= 11 is 6.22. The van der Waals surface area contributed by atoms with E-state index < -0.39 is 0 Å². The normalized spacial score (nSPS) is 13.1. The molecule has 1 aliphatic rings. The number of ether oxygens (including phenoxy) is 2. The maximum absolute atomic E-state index is 6.22. The van der Waals surface area contributed by atoms with E-state index in [1.54, 1.807) is 0 Å². The standard InChI is InChI=1S/C15H16ClN3O2/c1-9-5-10(2)19-15(18-9)17-8-11-6-12(16)14-13(7-11)20-3-4-21-14/h5-7H,3-4,8H2,1-2H3,(H,17,18,19). The summed E-state index contributed by atoms with van der Waals surface area (Å²) in [6, 6.07) is 5.73. The Labute approximate surface area is 128 Å². The summed E-state index contributed by atoms with van der Waals surface area (Å²) in [6.07, 6.45) is 0. The van der Waals surface area contributed by atoms with Crippen LogP contribution in [-0.4, -0.2) is 23.2 Å². The third-order valence-corrected chi connectivity index (χ3v) is 3.37. The molecule has 6 heteroatoms. The fourth-order valence-electron chi connectivity index (χ4n) is 2.25. The van der Waals surface area contributed by atoms with Crippen LogP contribution >= 0.6 is 11.6 Å². The van der Waals surface area contributed by atoms with E-state index in [0.29, 0.717) is 42.2 Å². The Kier molecular flexibility index (Phi) is 3.84. The molecule has 1 aliphatic heterocycles. The van der Waals surface area contributed by atoms with Crippen LogP contribution in [-0.2, 0) is 6.54 Å². The van der Waals surface area contributed by atoms with Crippen LogP contribution in [0.5, 0.6) is 11.5 Å². The molecule has 21 heavy (non-hydrogen) atoms. The summed E-state index contributed by atoms with van der Waals surface area (Å²) in [7, 11) is 0. The lowest BCUT2D eigenvalue weighted by Gasteiger charge is -2.20. The van der Waals surface area contributed by atoms with Crippen molar-refractivity contribution < 1.29 is 9.47 Å². The van der Waals surface area contributed by atoms with Gasteiger partial charge < -0.3 is 14.8 Å². The van der Waals surface area contributed by atoms with E-state index in [1.165, 1.54) is 0 Å². The van der Waals surface area contributed by atoms with Crippen molar-refractivity contribution in [1.82, 2.24) is 9.97 Å². The summed E-state index contributed by atoms with van der Waals surface area (Å²) in [4.78, 5) is 8.70. The van der Waals surface area contributed by atoms with Crippen LogP contribution in [0, 0.1) is 13.8 Å². The first-order chi connectivity index (χ1) is 10.1. The summed E-state index contributed by atoms with van der Waals surface area (Å²) in [5, 5.41) is 3.76. The van der Waals surface area contributed by atoms with E-state index in [1.807, 2.05) is 32.0 Å². The van der Waals surface area contributed by atoms with Crippen molar-refractivity contribution in [1.29, 1.82) is 0 Å². The van der Waals surface area contributed by atoms with Crippen LogP contribution in [0.25, 0.3) is 0 Å². The lowest BCUT2D eigenvalue weighted by atomic mass is 10.2. The Morgan fingerprint density at radius 2 is 1.81 bits per heavy atom. The van der Waals surface area contributed by atoms with E-state index in [-0.39, 0.29) is 0 Å². The van der Waals surface area contributed by atoms with E-state index in [0.717, 1.165) is 17.0 Å². The third-order valence-electron chi connectivity index (χ3n) is 3.09. The zero-order chi connectivity index (χ0) is 14.8. The van der Waals surface area contributed by atoms with E-state index in [4.69, 9.17) is 21.1 Å². The number of nitrogens with one attached hydrogen (secondary N) is 1. The summed E-state index contributed by atoms with van der Waals surface area (Å²) in [5.74, 6) is 1.92. The smallest absolute Gasteiger partial charge is 0.223 e. The predicted molar refractivity (Wildman–Crippen MR) is 81.3 cm³/mol. The summed E-state index contributed by atoms with van der Waals surface area (Å²) in [5.41, 5.74) is 2.86. The molecule has 0 saturated heterocycles. The fourth-order valence-corrected chi connectivity index (χ4v) is 2.54. The number of benzene rings is 1. The molecule has 3 rings (SSSR count). The van der Waals surface area contributed by atoms with E-state index >= 15 is 0 Å². The number of anilines is 1. The minimum absolute atomic E-state index is 0.528. The van der Waals surface area contributed by atoms with Gasteiger partial charge in [0.05, 0.1) is 5.02 Å². The van der Waals surface area contributed by atoms with Gasteiger partial charge in [0.1, 0.15) is 13.2 Å². The minimum atomic E-state index is 0.528. The molecule has 1 aromatic carbocycles. The van der Waals surface area contributed by atoms with Crippen LogP contribution in [0.3, 0.4) is 0 Å². The van der Waals surface area contributed by atoms with Crippen molar-refractivity contribution >= 4 is 17.5 Å². The van der Waals surface area contributed by atoms with Gasteiger partial charge in [-0.3, -0.25) is 0 Å². The van der Waals surface area contributed by atoms with Gasteiger partial charge in [0.15, 0.2) is 11.5 Å². The molecule has 0 saturated carbocycles. The Bertz CT molecular complexity index is 656. The summed E-state index contributed by atoms with van der Waals surface area (Å²) < 4.78 is 11.1. The Morgan fingerprint density at radius 1 is 1.10 bits per heavy atom. The predicted octanol–water partition coefficient (Wildman–Crippen LogP) is 3.13. The molecular weight excluding hydrogens is 290 g/mol. The van der Waals surface area contributed by atoms with Crippen molar-refractivity contribution in [2.24, 2.45) is 0 Å². The van der Waals surface area contributed by atoms with Crippen LogP contribution < -0.4 is 14.8 Å². The molecule has 0 amide bonds. The molecular formula is C15H16ClN3O2. The molecule has 2 aromatic rings. The van der Waals surface area contributed by atoms with Gasteiger partial charge in [-0.15, -0.1) is 0 Å². The van der Waals surface area contributed by atoms with Gasteiger partial charge >= 0.3 is 0 Å². The van der Waals surface area contributed by atoms with E-state index in [2.05, 4.69) is 15.3 Å². The maximum atomic E-state index is 6.22. The van der Waals surface area contributed by atoms with Gasteiger partial charge in [0.2, 0.25) is 5.95 Å². The van der Waals surface area contributed by atoms with Gasteiger partial charge in [-0.1, -0.05) is 11.6 Å². The van der Waals surface area contributed by atoms with Crippen LogP contribution in [0.1, 0.15) is 17.0 Å². The number of hydrogen-bond acceptors (Lipinski definition) is 5. The average molecular weight is 306 g/mol. The summed E-state index contributed by atoms with van der Waals surface area (Å²) in [6.45, 7) is 5.53. The van der Waals surface area contributed by atoms with Gasteiger partial charge in [-0.05, 0) is 37.6 Å². The van der Waals surface area contributed by atoms with Crippen molar-refractivity contribution in [3.05, 3.63) is 40.2 Å². The highest BCUT2D eigenvalue weighted by Gasteiger charge is 2.16. The zero-order valence-electron chi connectivity index (χ0n) is 11.9. The molecule has 0 unspecified atom stereocenters. The number of fused-ring (bicyclic) bond motifs is 1. The SMILES string of the molecule is Cc1cc(C)nc(NCc2cc(Cl)c3c(c2)OCCO3)n1. The molecule has 110 valence electrons. The monoisotopic (exact) mass is 305 g/mol. The second-order valence-corrected chi connectivity index (χ2v) is 5.34. The van der Waals surface area contributed by atoms with Gasteiger partial charge in [-0.25, -0.2) is 9.97 Å². The molecule has 0 spiro atoms. The number of aryl methyl sites for hydroxylation is 2. The Hall–Kier alpha value is -2.01. The zero-order valence-corrected chi connectivity index (χ0v) is 12.7. The average Bonchev–Trinajstić information content (AvgIpc) is 2.44. The van der Waals surface area contributed by atoms with Crippen LogP contribution in [0.15, 0.2) is 18.2 Å². The molecule has 1 aromatic heterocycles. The lowest BCUT2D eigenvalue weighted by Crippen LogP contribution is -2.16. The first kappa shape index (κ1) is 13.9. The molecule has 0 aliphatic carbocycles. The molecule has 0 radical (unpaired) electrons. The Balaban J connectivity index is 1.77. The molecule has 0 bridgehead atoms. The van der Waals surface area contributed by atoms with Crippen LogP contribution in [0.4, 0.5) is 5.95 Å². The third kappa shape index (κ3) is 3.19. The first-order valence-electron chi connectivity index (χ1n) is 6.76. The van der Waals surface area contributed by atoms with Gasteiger partial charge in [-0.2, -0.15) is 0 Å². The second-order valence-electron chi connectivity index (χ2n) is 4.93. The molecule has 5 nitrogen and oxygen atoms in total. The van der Waals surface area contributed by atoms with Crippen molar-refractivity contribution in [2.75, 3.05) is 18.5 Å². The number of aromatic nitrogens is 2. The molecule has 0 atom stereocenters. The van der Waals surface area contributed by atoms with Gasteiger partial charge in [0, 0.05) is 17.9 Å². The number of nitrogens with zero attached hydrogens (tertiary/aromatic N) is 2. The minimum Gasteiger partial charge on any atom is -0.486 e. The quantitative estimate of drug-likeness (QED) is 0.944. The van der Waals surface area contributed by atoms with Gasteiger partial charge in [0.25, 0.3) is 0 Å². The second kappa shape index (κ2) is 5.77. The van der Waals surface area contributed by atoms with Crippen molar-refractivity contribution in [3.8, 4) is 11.5 Å². The molecule has 1 N–H and O–H groups in total. The highest BCUT2D eigenvalue weighted by Crippen LogP contribution is 2.38. The van der Waals surface area contributed by atoms with Crippen molar-refractivity contribution in [2.45, 2.75) is 20.4 Å². The topological polar surface area (TPSA) is 56.3 Å². The van der Waals surface area contributed by atoms with Crippen molar-refractivity contribution in [3.63, 3.8) is 0 Å². The molecule has 0 fully saturated rings. The number of hydrogen-bond donors (Lipinski definition) is 1. The fraction of sp³-hybridized carbons (Fsp3) is 0.333. The number of rotatable bonds is 3.